The molecular formula is C15H12F4N2O3S. The van der Waals surface area contributed by atoms with Crippen LogP contribution in [-0.4, -0.2) is 27.1 Å². The van der Waals surface area contributed by atoms with Crippen molar-refractivity contribution in [2.45, 2.75) is 0 Å². The molecule has 5 nitrogen and oxygen atoms in total. The summed E-state index contributed by atoms with van der Waals surface area (Å²) in [5, 5.41) is 2.06. The number of halogens is 4. The summed E-state index contributed by atoms with van der Waals surface area (Å²) in [4.78, 5) is 12.0. The zero-order valence-corrected chi connectivity index (χ0v) is 13.6. The first-order valence-corrected chi connectivity index (χ1v) is 8.60. The third kappa shape index (κ3) is 4.69. The zero-order chi connectivity index (χ0) is 18.8. The molecular weight excluding hydrogens is 364 g/mol. The van der Waals surface area contributed by atoms with Crippen molar-refractivity contribution >= 4 is 27.3 Å². The van der Waals surface area contributed by atoms with Gasteiger partial charge in [-0.3, -0.25) is 9.10 Å². The summed E-state index contributed by atoms with van der Waals surface area (Å²) in [6.07, 6.45) is 0.724. The van der Waals surface area contributed by atoms with Gasteiger partial charge in [-0.1, -0.05) is 0 Å². The number of carbonyl (C=O) groups is 1. The van der Waals surface area contributed by atoms with Crippen LogP contribution in [0.4, 0.5) is 28.9 Å². The number of hydrogen-bond donors (Lipinski definition) is 1. The predicted octanol–water partition coefficient (Wildman–Crippen LogP) is 2.65. The van der Waals surface area contributed by atoms with Gasteiger partial charge in [-0.2, -0.15) is 0 Å². The third-order valence-electron chi connectivity index (χ3n) is 3.07. The second-order valence-corrected chi connectivity index (χ2v) is 6.94. The van der Waals surface area contributed by atoms with Gasteiger partial charge in [0.25, 0.3) is 0 Å². The SMILES string of the molecule is CS(=O)(=O)N(CC(=O)Nc1ccc(F)cc1F)c1ccc(F)cc1F. The Bertz CT molecular complexity index is 919. The molecule has 134 valence electrons. The highest BCUT2D eigenvalue weighted by molar-refractivity contribution is 7.92. The summed E-state index contributed by atoms with van der Waals surface area (Å²) < 4.78 is 77.2. The molecule has 1 amide bonds. The Hall–Kier alpha value is -2.62. The van der Waals surface area contributed by atoms with E-state index < -0.39 is 51.4 Å². The van der Waals surface area contributed by atoms with Crippen LogP contribution in [0.5, 0.6) is 0 Å². The van der Waals surface area contributed by atoms with E-state index in [-0.39, 0.29) is 5.69 Å². The van der Waals surface area contributed by atoms with Crippen molar-refractivity contribution in [2.24, 2.45) is 0 Å². The molecule has 25 heavy (non-hydrogen) atoms. The molecule has 0 unspecified atom stereocenters. The molecule has 2 aromatic rings. The molecule has 10 heteroatoms. The quantitative estimate of drug-likeness (QED) is 0.816. The van der Waals surface area contributed by atoms with Crippen LogP contribution in [0.25, 0.3) is 0 Å². The smallest absolute Gasteiger partial charge is 0.245 e. The molecule has 0 atom stereocenters. The van der Waals surface area contributed by atoms with Gasteiger partial charge in [0.15, 0.2) is 0 Å². The summed E-state index contributed by atoms with van der Waals surface area (Å²) >= 11 is 0. The van der Waals surface area contributed by atoms with Crippen molar-refractivity contribution < 1.29 is 30.8 Å². The van der Waals surface area contributed by atoms with Gasteiger partial charge in [-0.05, 0) is 24.3 Å². The van der Waals surface area contributed by atoms with Crippen LogP contribution in [0.15, 0.2) is 36.4 Å². The summed E-state index contributed by atoms with van der Waals surface area (Å²) in [5.74, 6) is -5.03. The third-order valence-corrected chi connectivity index (χ3v) is 4.20. The van der Waals surface area contributed by atoms with Gasteiger partial charge in [-0.15, -0.1) is 0 Å². The monoisotopic (exact) mass is 376 g/mol. The number of hydrogen-bond acceptors (Lipinski definition) is 3. The summed E-state index contributed by atoms with van der Waals surface area (Å²) in [6, 6.07) is 4.53. The largest absolute Gasteiger partial charge is 0.322 e. The van der Waals surface area contributed by atoms with E-state index in [0.717, 1.165) is 30.5 Å². The minimum Gasteiger partial charge on any atom is -0.322 e. The van der Waals surface area contributed by atoms with E-state index in [1.807, 2.05) is 0 Å². The van der Waals surface area contributed by atoms with Crippen LogP contribution < -0.4 is 9.62 Å². The first kappa shape index (κ1) is 18.7. The molecule has 0 aliphatic rings. The molecule has 0 saturated heterocycles. The number of nitrogens with one attached hydrogen (secondary N) is 1. The van der Waals surface area contributed by atoms with E-state index in [0.29, 0.717) is 16.4 Å². The second-order valence-electron chi connectivity index (χ2n) is 5.04. The average molecular weight is 376 g/mol. The maximum Gasteiger partial charge on any atom is 0.245 e. The van der Waals surface area contributed by atoms with Crippen molar-refractivity contribution in [1.82, 2.24) is 0 Å². The molecule has 0 radical (unpaired) electrons. The lowest BCUT2D eigenvalue weighted by Gasteiger charge is -2.22. The number of rotatable bonds is 5. The summed E-state index contributed by atoms with van der Waals surface area (Å²) in [7, 11) is -4.10. The van der Waals surface area contributed by atoms with Gasteiger partial charge in [-0.25, -0.2) is 26.0 Å². The molecule has 0 bridgehead atoms. The van der Waals surface area contributed by atoms with Gasteiger partial charge in [0.2, 0.25) is 15.9 Å². The van der Waals surface area contributed by atoms with Crippen LogP contribution in [-0.2, 0) is 14.8 Å². The maximum absolute atomic E-state index is 13.8. The second kappa shape index (κ2) is 7.09. The number of benzene rings is 2. The van der Waals surface area contributed by atoms with Crippen molar-refractivity contribution in [3.05, 3.63) is 59.7 Å². The van der Waals surface area contributed by atoms with Gasteiger partial charge in [0.1, 0.15) is 29.8 Å². The molecule has 0 spiro atoms. The Balaban J connectivity index is 2.27. The molecule has 1 N–H and O–H groups in total. The zero-order valence-electron chi connectivity index (χ0n) is 12.8. The average Bonchev–Trinajstić information content (AvgIpc) is 2.47. The molecule has 2 aromatic carbocycles. The van der Waals surface area contributed by atoms with E-state index >= 15 is 0 Å². The molecule has 2 rings (SSSR count). The van der Waals surface area contributed by atoms with Gasteiger partial charge in [0, 0.05) is 12.1 Å². The van der Waals surface area contributed by atoms with Crippen LogP contribution in [0.3, 0.4) is 0 Å². The number of amides is 1. The molecule has 0 saturated carbocycles. The van der Waals surface area contributed by atoms with Gasteiger partial charge >= 0.3 is 0 Å². The Morgan fingerprint density at radius 3 is 2.08 bits per heavy atom. The minimum atomic E-state index is -4.10. The maximum atomic E-state index is 13.8. The normalized spacial score (nSPS) is 11.2. The fourth-order valence-electron chi connectivity index (χ4n) is 1.98. The standard InChI is InChI=1S/C15H12F4N2O3S/c1-25(23,24)21(14-5-3-10(17)7-12(14)19)8-15(22)20-13-4-2-9(16)6-11(13)18/h2-7H,8H2,1H3,(H,20,22). The van der Waals surface area contributed by atoms with Crippen molar-refractivity contribution in [2.75, 3.05) is 22.4 Å². The fraction of sp³-hybridized carbons (Fsp3) is 0.133. The van der Waals surface area contributed by atoms with E-state index in [4.69, 9.17) is 0 Å². The van der Waals surface area contributed by atoms with Crippen molar-refractivity contribution in [3.63, 3.8) is 0 Å². The number of carbonyl (C=O) groups excluding carboxylic acids is 1. The molecule has 0 aromatic heterocycles. The first-order valence-electron chi connectivity index (χ1n) is 6.75. The van der Waals surface area contributed by atoms with E-state index in [2.05, 4.69) is 5.32 Å². The molecule has 0 aliphatic heterocycles. The highest BCUT2D eigenvalue weighted by Gasteiger charge is 2.24. The van der Waals surface area contributed by atoms with E-state index in [1.165, 1.54) is 0 Å². The van der Waals surface area contributed by atoms with Crippen LogP contribution in [0.2, 0.25) is 0 Å². The van der Waals surface area contributed by atoms with Crippen molar-refractivity contribution in [3.8, 4) is 0 Å². The van der Waals surface area contributed by atoms with Crippen LogP contribution >= 0.6 is 0 Å². The lowest BCUT2D eigenvalue weighted by atomic mass is 10.3. The molecule has 0 heterocycles. The Kier molecular flexibility index (Phi) is 5.31. The predicted molar refractivity (Wildman–Crippen MR) is 83.5 cm³/mol. The number of nitrogens with zero attached hydrogens (tertiary/aromatic N) is 1. The first-order chi connectivity index (χ1) is 11.6. The fourth-order valence-corrected chi connectivity index (χ4v) is 2.83. The van der Waals surface area contributed by atoms with Crippen molar-refractivity contribution in [1.29, 1.82) is 0 Å². The number of sulfonamides is 1. The molecule has 0 fully saturated rings. The Morgan fingerprint density at radius 1 is 1.00 bits per heavy atom. The number of anilines is 2. The Morgan fingerprint density at radius 2 is 1.56 bits per heavy atom. The topological polar surface area (TPSA) is 66.5 Å². The van der Waals surface area contributed by atoms with Crippen LogP contribution in [0.1, 0.15) is 0 Å². The lowest BCUT2D eigenvalue weighted by molar-refractivity contribution is -0.114. The highest BCUT2D eigenvalue weighted by Crippen LogP contribution is 2.23. The minimum absolute atomic E-state index is 0.376. The van der Waals surface area contributed by atoms with Gasteiger partial charge < -0.3 is 5.32 Å². The van der Waals surface area contributed by atoms with E-state index in [9.17, 15) is 30.8 Å². The molecule has 0 aliphatic carbocycles. The van der Waals surface area contributed by atoms with Gasteiger partial charge in [0.05, 0.1) is 17.6 Å². The van der Waals surface area contributed by atoms with Crippen LogP contribution in [0, 0.1) is 23.3 Å². The lowest BCUT2D eigenvalue weighted by Crippen LogP contribution is -2.38. The summed E-state index contributed by atoms with van der Waals surface area (Å²) in [5.41, 5.74) is -0.918. The Labute approximate surface area is 140 Å². The van der Waals surface area contributed by atoms with E-state index in [1.54, 1.807) is 0 Å². The summed E-state index contributed by atoms with van der Waals surface area (Å²) in [6.45, 7) is -0.891. The highest BCUT2D eigenvalue weighted by atomic mass is 32.2.